The van der Waals surface area contributed by atoms with Crippen molar-refractivity contribution in [2.24, 2.45) is 5.16 Å². The van der Waals surface area contributed by atoms with Crippen LogP contribution in [0.2, 0.25) is 0 Å². The van der Waals surface area contributed by atoms with E-state index in [9.17, 15) is 13.2 Å². The van der Waals surface area contributed by atoms with E-state index < -0.39 is 21.2 Å². The summed E-state index contributed by atoms with van der Waals surface area (Å²) in [6.07, 6.45) is -0.265. The Morgan fingerprint density at radius 2 is 2.09 bits per heavy atom. The van der Waals surface area contributed by atoms with E-state index in [-0.39, 0.29) is 23.8 Å². The van der Waals surface area contributed by atoms with Crippen LogP contribution in [-0.2, 0) is 24.3 Å². The number of sulfone groups is 1. The van der Waals surface area contributed by atoms with Gasteiger partial charge in [-0.05, 0) is 52.0 Å². The first-order valence-corrected chi connectivity index (χ1v) is 8.77. The zero-order valence-corrected chi connectivity index (χ0v) is 14.4. The molecule has 0 fully saturated rings. The predicted molar refractivity (Wildman–Crippen MR) is 84.6 cm³/mol. The summed E-state index contributed by atoms with van der Waals surface area (Å²) in [5, 5.41) is 11.9. The lowest BCUT2D eigenvalue weighted by Gasteiger charge is -2.18. The maximum Gasteiger partial charge on any atom is 0.306 e. The molecule has 8 nitrogen and oxygen atoms in total. The fourth-order valence-corrected chi connectivity index (χ4v) is 3.71. The first kappa shape index (κ1) is 17.0. The van der Waals surface area contributed by atoms with Crippen LogP contribution in [-0.4, -0.2) is 49.5 Å². The minimum Gasteiger partial charge on any atom is -0.481 e. The molecular weight excluding hydrogens is 427 g/mol. The van der Waals surface area contributed by atoms with Gasteiger partial charge in [-0.1, -0.05) is 5.06 Å². The molecule has 0 spiro atoms. The molecule has 120 valence electrons. The number of carbonyl (C=O) groups is 1. The number of hydroxylamine groups is 2. The standard InChI is InChI=1S/C12H13IN2O6S/c1-15-12(11(14-21-15)20-7-6-10(16)17)22(18,19)9-4-2-8(13)3-5-9/h2-5,12H,6-7H2,1H3,(H,16,17). The number of hydrogen-bond donors (Lipinski definition) is 1. The second kappa shape index (κ2) is 6.79. The second-order valence-corrected chi connectivity index (χ2v) is 7.65. The summed E-state index contributed by atoms with van der Waals surface area (Å²) in [5.74, 6) is -1.23. The van der Waals surface area contributed by atoms with Crippen molar-refractivity contribution in [1.82, 2.24) is 5.06 Å². The summed E-state index contributed by atoms with van der Waals surface area (Å²) >= 11 is 2.07. The molecule has 1 aromatic rings. The van der Waals surface area contributed by atoms with Gasteiger partial charge in [-0.2, -0.15) is 0 Å². The number of carboxylic acid groups (broad SMARTS) is 1. The summed E-state index contributed by atoms with van der Waals surface area (Å²) in [4.78, 5) is 15.4. The van der Waals surface area contributed by atoms with Crippen molar-refractivity contribution in [2.45, 2.75) is 16.7 Å². The number of rotatable bonds is 5. The van der Waals surface area contributed by atoms with Gasteiger partial charge in [-0.3, -0.25) is 9.73 Å². The number of oxime groups is 1. The van der Waals surface area contributed by atoms with Crippen molar-refractivity contribution in [3.05, 3.63) is 27.8 Å². The Labute approximate surface area is 140 Å². The third kappa shape index (κ3) is 3.67. The molecule has 1 aliphatic heterocycles. The lowest BCUT2D eigenvalue weighted by molar-refractivity contribution is -0.137. The van der Waals surface area contributed by atoms with Gasteiger partial charge in [0.1, 0.15) is 6.61 Å². The van der Waals surface area contributed by atoms with Crippen LogP contribution in [0.1, 0.15) is 6.42 Å². The van der Waals surface area contributed by atoms with Gasteiger partial charge in [0.15, 0.2) is 0 Å². The van der Waals surface area contributed by atoms with E-state index in [1.54, 1.807) is 12.1 Å². The van der Waals surface area contributed by atoms with Crippen molar-refractivity contribution in [3.63, 3.8) is 0 Å². The van der Waals surface area contributed by atoms with Crippen molar-refractivity contribution in [1.29, 1.82) is 0 Å². The molecule has 0 amide bonds. The number of benzene rings is 1. The Balaban J connectivity index is 2.21. The average molecular weight is 440 g/mol. The molecule has 0 radical (unpaired) electrons. The summed E-state index contributed by atoms with van der Waals surface area (Å²) < 4.78 is 31.4. The molecule has 10 heteroatoms. The smallest absolute Gasteiger partial charge is 0.306 e. The normalized spacial score (nSPS) is 18.6. The molecule has 0 aliphatic carbocycles. The minimum absolute atomic E-state index is 0.102. The van der Waals surface area contributed by atoms with Crippen LogP contribution in [0.3, 0.4) is 0 Å². The van der Waals surface area contributed by atoms with Crippen LogP contribution < -0.4 is 0 Å². The fourth-order valence-electron chi connectivity index (χ4n) is 1.77. The van der Waals surface area contributed by atoms with Gasteiger partial charge >= 0.3 is 5.97 Å². The average Bonchev–Trinajstić information content (AvgIpc) is 2.80. The predicted octanol–water partition coefficient (Wildman–Crippen LogP) is 1.07. The van der Waals surface area contributed by atoms with E-state index in [0.29, 0.717) is 0 Å². The highest BCUT2D eigenvalue weighted by molar-refractivity contribution is 14.1. The highest BCUT2D eigenvalue weighted by Crippen LogP contribution is 2.24. The quantitative estimate of drug-likeness (QED) is 0.683. The largest absolute Gasteiger partial charge is 0.481 e. The zero-order valence-electron chi connectivity index (χ0n) is 11.5. The van der Waals surface area contributed by atoms with Crippen LogP contribution in [0.25, 0.3) is 0 Å². The molecule has 1 aromatic carbocycles. The number of aliphatic carboxylic acids is 1. The number of likely N-dealkylation sites (N-methyl/N-ethyl adjacent to an activating group) is 1. The maximum atomic E-state index is 12.7. The Kier molecular flexibility index (Phi) is 5.24. The topological polar surface area (TPSA) is 106 Å². The van der Waals surface area contributed by atoms with Gasteiger partial charge in [0.25, 0.3) is 5.90 Å². The molecule has 2 rings (SSSR count). The highest BCUT2D eigenvalue weighted by atomic mass is 127. The molecule has 1 heterocycles. The maximum absolute atomic E-state index is 12.7. The van der Waals surface area contributed by atoms with Crippen LogP contribution in [0.15, 0.2) is 34.3 Å². The van der Waals surface area contributed by atoms with Crippen molar-refractivity contribution < 1.29 is 28.0 Å². The Bertz CT molecular complexity index is 688. The van der Waals surface area contributed by atoms with E-state index in [4.69, 9.17) is 14.8 Å². The van der Waals surface area contributed by atoms with Gasteiger partial charge < -0.3 is 9.84 Å². The number of hydrogen-bond acceptors (Lipinski definition) is 7. The lowest BCUT2D eigenvalue weighted by Crippen LogP contribution is -2.40. The lowest BCUT2D eigenvalue weighted by atomic mass is 10.4. The first-order chi connectivity index (χ1) is 10.3. The number of halogens is 1. The van der Waals surface area contributed by atoms with Crippen molar-refractivity contribution >= 4 is 44.3 Å². The van der Waals surface area contributed by atoms with Crippen LogP contribution in [0, 0.1) is 3.57 Å². The molecule has 0 saturated heterocycles. The summed E-state index contributed by atoms with van der Waals surface area (Å²) in [7, 11) is -2.40. The minimum atomic E-state index is -3.81. The van der Waals surface area contributed by atoms with Gasteiger partial charge in [0.2, 0.25) is 15.2 Å². The van der Waals surface area contributed by atoms with Gasteiger partial charge in [-0.25, -0.2) is 8.42 Å². The van der Waals surface area contributed by atoms with Crippen LogP contribution >= 0.6 is 22.6 Å². The summed E-state index contributed by atoms with van der Waals surface area (Å²) in [6, 6.07) is 6.31. The van der Waals surface area contributed by atoms with Gasteiger partial charge in [0.05, 0.1) is 11.3 Å². The van der Waals surface area contributed by atoms with Gasteiger partial charge in [0, 0.05) is 10.6 Å². The SMILES string of the molecule is CN1ON=C(OCCC(=O)O)C1S(=O)(=O)c1ccc(I)cc1. The third-order valence-corrected chi connectivity index (χ3v) is 5.54. The van der Waals surface area contributed by atoms with E-state index in [2.05, 4.69) is 27.7 Å². The Morgan fingerprint density at radius 3 is 2.68 bits per heavy atom. The highest BCUT2D eigenvalue weighted by Gasteiger charge is 2.43. The molecule has 1 atom stereocenters. The summed E-state index contributed by atoms with van der Waals surface area (Å²) in [6.45, 7) is -0.190. The summed E-state index contributed by atoms with van der Waals surface area (Å²) in [5.41, 5.74) is 0. The van der Waals surface area contributed by atoms with E-state index in [1.807, 2.05) is 0 Å². The van der Waals surface area contributed by atoms with Crippen LogP contribution in [0.5, 0.6) is 0 Å². The molecular formula is C12H13IN2O6S. The number of nitrogens with zero attached hydrogens (tertiary/aromatic N) is 2. The van der Waals surface area contributed by atoms with Crippen LogP contribution in [0.4, 0.5) is 0 Å². The Morgan fingerprint density at radius 1 is 1.45 bits per heavy atom. The Hall–Kier alpha value is -1.40. The zero-order chi connectivity index (χ0) is 16.3. The number of carboxylic acids is 1. The molecule has 1 aliphatic rings. The van der Waals surface area contributed by atoms with Gasteiger partial charge in [-0.15, -0.1) is 0 Å². The third-order valence-electron chi connectivity index (χ3n) is 2.80. The van der Waals surface area contributed by atoms with Crippen molar-refractivity contribution in [3.8, 4) is 0 Å². The molecule has 1 N–H and O–H groups in total. The molecule has 0 aromatic heterocycles. The molecule has 1 unspecified atom stereocenters. The van der Waals surface area contributed by atoms with E-state index in [1.165, 1.54) is 19.2 Å². The number of ether oxygens (including phenoxy) is 1. The first-order valence-electron chi connectivity index (χ1n) is 6.14. The van der Waals surface area contributed by atoms with E-state index >= 15 is 0 Å². The molecule has 0 saturated carbocycles. The van der Waals surface area contributed by atoms with Crippen molar-refractivity contribution in [2.75, 3.05) is 13.7 Å². The molecule has 0 bridgehead atoms. The fraction of sp³-hybridized carbons (Fsp3) is 0.333. The monoisotopic (exact) mass is 440 g/mol. The molecule has 22 heavy (non-hydrogen) atoms. The second-order valence-electron chi connectivity index (χ2n) is 4.40. The van der Waals surface area contributed by atoms with E-state index in [0.717, 1.165) is 8.63 Å².